The number of nitrogen functional groups attached to an aromatic ring is 1. The van der Waals surface area contributed by atoms with Gasteiger partial charge in [-0.05, 0) is 12.1 Å². The predicted octanol–water partition coefficient (Wildman–Crippen LogP) is 1.01. The highest BCUT2D eigenvalue weighted by atomic mass is 16.1. The van der Waals surface area contributed by atoms with E-state index in [2.05, 4.69) is 37.0 Å². The lowest BCUT2D eigenvalue weighted by Crippen LogP contribution is -2.24. The number of nitrogens with one attached hydrogen (secondary N) is 2. The third kappa shape index (κ3) is 3.31. The van der Waals surface area contributed by atoms with E-state index in [1.165, 1.54) is 0 Å². The molecule has 0 atom stereocenters. The Balaban J connectivity index is 1.62. The van der Waals surface area contributed by atoms with Crippen LogP contribution >= 0.6 is 0 Å². The summed E-state index contributed by atoms with van der Waals surface area (Å²) in [5.41, 5.74) is 7.43. The fraction of sp³-hybridized carbons (Fsp3) is 0.333. The second-order valence-electron chi connectivity index (χ2n) is 5.19. The maximum absolute atomic E-state index is 12.0. The molecule has 2 aromatic heterocycles. The van der Waals surface area contributed by atoms with Gasteiger partial charge in [-0.25, -0.2) is 4.98 Å². The van der Waals surface area contributed by atoms with Gasteiger partial charge in [-0.1, -0.05) is 19.1 Å². The van der Waals surface area contributed by atoms with Crippen LogP contribution in [0.2, 0.25) is 0 Å². The summed E-state index contributed by atoms with van der Waals surface area (Å²) in [4.78, 5) is 20.6. The van der Waals surface area contributed by atoms with Crippen LogP contribution in [0, 0.1) is 0 Å². The Bertz CT molecular complexity index is 820. The first-order chi connectivity index (χ1) is 11.2. The van der Waals surface area contributed by atoms with Crippen LogP contribution < -0.4 is 11.1 Å². The Kier molecular flexibility index (Phi) is 4.22. The fourth-order valence-electron chi connectivity index (χ4n) is 2.52. The number of rotatable bonds is 6. The maximum atomic E-state index is 12.0. The zero-order valence-corrected chi connectivity index (χ0v) is 12.9. The van der Waals surface area contributed by atoms with Crippen LogP contribution in [-0.4, -0.2) is 30.6 Å². The van der Waals surface area contributed by atoms with Gasteiger partial charge in [-0.3, -0.25) is 9.89 Å². The van der Waals surface area contributed by atoms with Crippen LogP contribution in [-0.2, 0) is 24.3 Å². The van der Waals surface area contributed by atoms with Gasteiger partial charge in [0.25, 0.3) is 0 Å². The molecule has 1 aromatic carbocycles. The normalized spacial score (nSPS) is 11.0. The van der Waals surface area contributed by atoms with Crippen molar-refractivity contribution in [1.82, 2.24) is 30.0 Å². The van der Waals surface area contributed by atoms with Gasteiger partial charge in [0.05, 0.1) is 17.6 Å². The number of nitrogens with two attached hydrogens (primary N) is 1. The maximum Gasteiger partial charge on any atom is 0.239 e. The standard InChI is InChI=1S/C15H19N7O/c1-2-13-18-10-5-3-4-6-11(10)22(13)8-7-14(23)17-9-12-19-15(16)21-20-12/h3-6H,2,7-9H2,1H3,(H,17,23)(H3,16,19,20,21). The summed E-state index contributed by atoms with van der Waals surface area (Å²) in [6, 6.07) is 7.96. The number of anilines is 1. The molecular formula is C15H19N7O. The Labute approximate surface area is 133 Å². The Morgan fingerprint density at radius 1 is 1.35 bits per heavy atom. The van der Waals surface area contributed by atoms with Crippen LogP contribution in [0.5, 0.6) is 0 Å². The van der Waals surface area contributed by atoms with E-state index in [0.29, 0.717) is 18.8 Å². The Hall–Kier alpha value is -2.90. The number of aryl methyl sites for hydroxylation is 2. The summed E-state index contributed by atoms with van der Waals surface area (Å²) in [6.07, 6.45) is 1.20. The van der Waals surface area contributed by atoms with Crippen LogP contribution in [0.4, 0.5) is 5.95 Å². The second kappa shape index (κ2) is 6.47. The molecule has 2 heterocycles. The first kappa shape index (κ1) is 15.0. The number of imidazole rings is 1. The van der Waals surface area contributed by atoms with Crippen LogP contribution in [0.15, 0.2) is 24.3 Å². The van der Waals surface area contributed by atoms with Gasteiger partial charge in [0.2, 0.25) is 11.9 Å². The first-order valence-corrected chi connectivity index (χ1v) is 7.55. The molecule has 23 heavy (non-hydrogen) atoms. The monoisotopic (exact) mass is 313 g/mol. The lowest BCUT2D eigenvalue weighted by molar-refractivity contribution is -0.121. The highest BCUT2D eigenvalue weighted by Crippen LogP contribution is 2.16. The minimum Gasteiger partial charge on any atom is -0.367 e. The minimum absolute atomic E-state index is 0.0557. The SMILES string of the molecule is CCc1nc2ccccc2n1CCC(=O)NCc1nc(N)n[nH]1. The van der Waals surface area contributed by atoms with Crippen LogP contribution in [0.25, 0.3) is 11.0 Å². The van der Waals surface area contributed by atoms with E-state index in [1.807, 2.05) is 24.3 Å². The van der Waals surface area contributed by atoms with Gasteiger partial charge < -0.3 is 15.6 Å². The number of hydrogen-bond donors (Lipinski definition) is 3. The number of aromatic amines is 1. The molecule has 0 spiro atoms. The molecule has 0 aliphatic heterocycles. The number of hydrogen-bond acceptors (Lipinski definition) is 5. The van der Waals surface area contributed by atoms with Crippen LogP contribution in [0.3, 0.4) is 0 Å². The molecule has 0 bridgehead atoms. The summed E-state index contributed by atoms with van der Waals surface area (Å²) >= 11 is 0. The van der Waals surface area contributed by atoms with Crippen molar-refractivity contribution in [2.45, 2.75) is 32.9 Å². The van der Waals surface area contributed by atoms with Gasteiger partial charge in [0.1, 0.15) is 11.6 Å². The van der Waals surface area contributed by atoms with Crippen molar-refractivity contribution < 1.29 is 4.79 Å². The number of carbonyl (C=O) groups excluding carboxylic acids is 1. The molecule has 1 amide bonds. The van der Waals surface area contributed by atoms with Gasteiger partial charge in [0.15, 0.2) is 0 Å². The molecule has 0 unspecified atom stereocenters. The summed E-state index contributed by atoms with van der Waals surface area (Å²) in [5, 5.41) is 9.17. The molecule has 0 aliphatic rings. The lowest BCUT2D eigenvalue weighted by Gasteiger charge is -2.08. The Morgan fingerprint density at radius 2 is 2.17 bits per heavy atom. The van der Waals surface area contributed by atoms with Crippen molar-refractivity contribution in [3.05, 3.63) is 35.9 Å². The topological polar surface area (TPSA) is 115 Å². The number of fused-ring (bicyclic) bond motifs is 1. The summed E-state index contributed by atoms with van der Waals surface area (Å²) < 4.78 is 2.10. The van der Waals surface area contributed by atoms with Crippen LogP contribution in [0.1, 0.15) is 25.0 Å². The smallest absolute Gasteiger partial charge is 0.239 e. The van der Waals surface area contributed by atoms with E-state index in [0.717, 1.165) is 23.3 Å². The molecule has 0 aliphatic carbocycles. The number of nitrogens with zero attached hydrogens (tertiary/aromatic N) is 4. The molecule has 0 fully saturated rings. The van der Waals surface area contributed by atoms with E-state index < -0.39 is 0 Å². The van der Waals surface area contributed by atoms with Gasteiger partial charge in [0, 0.05) is 19.4 Å². The van der Waals surface area contributed by atoms with E-state index in [1.54, 1.807) is 0 Å². The van der Waals surface area contributed by atoms with Crippen molar-refractivity contribution in [1.29, 1.82) is 0 Å². The quantitative estimate of drug-likeness (QED) is 0.628. The van der Waals surface area contributed by atoms with E-state index in [-0.39, 0.29) is 18.4 Å². The first-order valence-electron chi connectivity index (χ1n) is 7.55. The number of H-pyrrole nitrogens is 1. The number of carbonyl (C=O) groups is 1. The molecular weight excluding hydrogens is 294 g/mol. The second-order valence-corrected chi connectivity index (χ2v) is 5.19. The van der Waals surface area contributed by atoms with E-state index >= 15 is 0 Å². The van der Waals surface area contributed by atoms with Gasteiger partial charge in [-0.15, -0.1) is 5.10 Å². The predicted molar refractivity (Wildman–Crippen MR) is 86.4 cm³/mol. The highest BCUT2D eigenvalue weighted by molar-refractivity contribution is 5.78. The summed E-state index contributed by atoms with van der Waals surface area (Å²) in [6.45, 7) is 2.94. The fourth-order valence-corrected chi connectivity index (χ4v) is 2.52. The highest BCUT2D eigenvalue weighted by Gasteiger charge is 2.11. The number of para-hydroxylation sites is 2. The Morgan fingerprint density at radius 3 is 2.91 bits per heavy atom. The summed E-state index contributed by atoms with van der Waals surface area (Å²) in [5.74, 6) is 1.65. The van der Waals surface area contributed by atoms with Crippen molar-refractivity contribution in [2.24, 2.45) is 0 Å². The largest absolute Gasteiger partial charge is 0.367 e. The molecule has 0 radical (unpaired) electrons. The van der Waals surface area contributed by atoms with Gasteiger partial charge in [-0.2, -0.15) is 4.98 Å². The van der Waals surface area contributed by atoms with Gasteiger partial charge >= 0.3 is 0 Å². The third-order valence-corrected chi connectivity index (χ3v) is 3.61. The third-order valence-electron chi connectivity index (χ3n) is 3.61. The lowest BCUT2D eigenvalue weighted by atomic mass is 10.3. The summed E-state index contributed by atoms with van der Waals surface area (Å²) in [7, 11) is 0. The molecule has 0 saturated carbocycles. The molecule has 8 nitrogen and oxygen atoms in total. The molecule has 3 aromatic rings. The average Bonchev–Trinajstić information content (AvgIpc) is 3.14. The van der Waals surface area contributed by atoms with Crippen molar-refractivity contribution in [3.8, 4) is 0 Å². The van der Waals surface area contributed by atoms with E-state index in [4.69, 9.17) is 5.73 Å². The minimum atomic E-state index is -0.0557. The zero-order valence-electron chi connectivity index (χ0n) is 12.9. The molecule has 0 saturated heterocycles. The molecule has 8 heteroatoms. The average molecular weight is 313 g/mol. The van der Waals surface area contributed by atoms with Crippen molar-refractivity contribution >= 4 is 22.9 Å². The van der Waals surface area contributed by atoms with E-state index in [9.17, 15) is 4.79 Å². The number of amides is 1. The molecule has 120 valence electrons. The molecule has 3 rings (SSSR count). The molecule has 4 N–H and O–H groups in total. The van der Waals surface area contributed by atoms with Crippen molar-refractivity contribution in [2.75, 3.05) is 5.73 Å². The van der Waals surface area contributed by atoms with Crippen molar-refractivity contribution in [3.63, 3.8) is 0 Å². The zero-order chi connectivity index (χ0) is 16.2. The number of aromatic nitrogens is 5. The number of benzene rings is 1.